The Balaban J connectivity index is 0.00000341. The molecule has 1 aromatic heterocycles. The van der Waals surface area contributed by atoms with Crippen LogP contribution >= 0.6 is 23.7 Å². The summed E-state index contributed by atoms with van der Waals surface area (Å²) < 4.78 is 26.2. The first kappa shape index (κ1) is 25.3. The Bertz CT molecular complexity index is 1160. The van der Waals surface area contributed by atoms with Crippen molar-refractivity contribution in [3.05, 3.63) is 53.6 Å². The lowest BCUT2D eigenvalue weighted by molar-refractivity contribution is 0.0982. The topological polar surface area (TPSA) is 70.6 Å². The van der Waals surface area contributed by atoms with E-state index in [-0.39, 0.29) is 34.5 Å². The summed E-state index contributed by atoms with van der Waals surface area (Å²) in [5.41, 5.74) is 2.22. The molecule has 9 heteroatoms. The minimum absolute atomic E-state index is 0. The summed E-state index contributed by atoms with van der Waals surface area (Å²) in [6.07, 6.45) is 0.851. The number of likely N-dealkylation sites (N-methyl/N-ethyl adjacent to an activating group) is 1. The Morgan fingerprint density at radius 1 is 1.03 bits per heavy atom. The van der Waals surface area contributed by atoms with Crippen molar-refractivity contribution in [2.45, 2.75) is 25.2 Å². The average molecular weight is 482 g/mol. The van der Waals surface area contributed by atoms with Crippen LogP contribution in [0.4, 0.5) is 5.13 Å². The SMILES string of the molecule is CCc1cccc2sc(N(CCN(C)C)C(=O)c3ccccc3S(=O)(=O)CC)nc12.Cl. The molecule has 0 bridgehead atoms. The van der Waals surface area contributed by atoms with Gasteiger partial charge in [0.05, 0.1) is 26.4 Å². The number of amides is 1. The van der Waals surface area contributed by atoms with Crippen molar-refractivity contribution >= 4 is 54.8 Å². The second kappa shape index (κ2) is 10.5. The highest BCUT2D eigenvalue weighted by Gasteiger charge is 2.27. The molecule has 3 rings (SSSR count). The van der Waals surface area contributed by atoms with Crippen molar-refractivity contribution in [1.29, 1.82) is 0 Å². The summed E-state index contributed by atoms with van der Waals surface area (Å²) in [5.74, 6) is -0.405. The fourth-order valence-corrected chi connectivity index (χ4v) is 5.32. The lowest BCUT2D eigenvalue weighted by Gasteiger charge is -2.23. The maximum atomic E-state index is 13.6. The van der Waals surface area contributed by atoms with Crippen molar-refractivity contribution in [2.24, 2.45) is 0 Å². The summed E-state index contributed by atoms with van der Waals surface area (Å²) in [5, 5.41) is 0.585. The number of nitrogens with zero attached hydrogens (tertiary/aromatic N) is 3. The van der Waals surface area contributed by atoms with E-state index in [1.54, 1.807) is 30.0 Å². The number of aromatic nitrogens is 1. The Kier molecular flexibility index (Phi) is 8.59. The van der Waals surface area contributed by atoms with Crippen molar-refractivity contribution < 1.29 is 13.2 Å². The van der Waals surface area contributed by atoms with Gasteiger partial charge in [-0.05, 0) is 44.3 Å². The molecule has 0 fully saturated rings. The van der Waals surface area contributed by atoms with Crippen LogP contribution in [0.3, 0.4) is 0 Å². The standard InChI is InChI=1S/C22H27N3O3S2.ClH/c1-5-16-10-9-12-18-20(16)23-22(29-18)25(15-14-24(3)4)21(26)17-11-7-8-13-19(17)30(27,28)6-2;/h7-13H,5-6,14-15H2,1-4H3;1H. The predicted octanol–water partition coefficient (Wildman–Crippen LogP) is 4.28. The fraction of sp³-hybridized carbons (Fsp3) is 0.364. The van der Waals surface area contributed by atoms with Crippen LogP contribution in [0.5, 0.6) is 0 Å². The van der Waals surface area contributed by atoms with Gasteiger partial charge in [-0.1, -0.05) is 49.4 Å². The third-order valence-corrected chi connectivity index (χ3v) is 7.78. The van der Waals surface area contributed by atoms with E-state index in [0.717, 1.165) is 22.2 Å². The Morgan fingerprint density at radius 3 is 2.39 bits per heavy atom. The molecule has 0 aliphatic rings. The zero-order chi connectivity index (χ0) is 21.9. The molecule has 0 unspecified atom stereocenters. The minimum atomic E-state index is -3.53. The van der Waals surface area contributed by atoms with Crippen LogP contribution in [-0.2, 0) is 16.3 Å². The van der Waals surface area contributed by atoms with Crippen molar-refractivity contribution in [3.63, 3.8) is 0 Å². The number of hydrogen-bond acceptors (Lipinski definition) is 6. The smallest absolute Gasteiger partial charge is 0.261 e. The van der Waals surface area contributed by atoms with Crippen LogP contribution in [-0.4, -0.2) is 57.1 Å². The molecule has 0 saturated heterocycles. The number of fused-ring (bicyclic) bond motifs is 1. The van der Waals surface area contributed by atoms with E-state index in [1.807, 2.05) is 37.2 Å². The first-order valence-electron chi connectivity index (χ1n) is 9.95. The zero-order valence-corrected chi connectivity index (χ0v) is 20.6. The Morgan fingerprint density at radius 2 is 1.74 bits per heavy atom. The van der Waals surface area contributed by atoms with Gasteiger partial charge in [-0.2, -0.15) is 0 Å². The fourth-order valence-electron chi connectivity index (χ4n) is 3.19. The number of rotatable bonds is 8. The largest absolute Gasteiger partial charge is 0.308 e. The maximum absolute atomic E-state index is 13.6. The molecule has 0 radical (unpaired) electrons. The monoisotopic (exact) mass is 481 g/mol. The number of halogens is 1. The van der Waals surface area contributed by atoms with Gasteiger partial charge in [0.1, 0.15) is 0 Å². The van der Waals surface area contributed by atoms with Gasteiger partial charge in [0.15, 0.2) is 15.0 Å². The van der Waals surface area contributed by atoms with E-state index in [9.17, 15) is 13.2 Å². The highest BCUT2D eigenvalue weighted by molar-refractivity contribution is 7.91. The normalized spacial score (nSPS) is 11.5. The molecule has 168 valence electrons. The quantitative estimate of drug-likeness (QED) is 0.480. The molecule has 0 aliphatic carbocycles. The molecule has 0 atom stereocenters. The number of sulfone groups is 1. The number of carbonyl (C=O) groups is 1. The van der Waals surface area contributed by atoms with Crippen molar-refractivity contribution in [1.82, 2.24) is 9.88 Å². The van der Waals surface area contributed by atoms with Crippen LogP contribution in [0, 0.1) is 0 Å². The summed E-state index contributed by atoms with van der Waals surface area (Å²) in [7, 11) is 0.341. The first-order valence-corrected chi connectivity index (χ1v) is 12.4. The van der Waals surface area contributed by atoms with E-state index < -0.39 is 9.84 Å². The second-order valence-electron chi connectivity index (χ2n) is 7.27. The van der Waals surface area contributed by atoms with Crippen LogP contribution < -0.4 is 4.90 Å². The zero-order valence-electron chi connectivity index (χ0n) is 18.2. The van der Waals surface area contributed by atoms with Crippen LogP contribution in [0.15, 0.2) is 47.4 Å². The second-order valence-corrected chi connectivity index (χ2v) is 10.5. The number of aryl methyl sites for hydroxylation is 1. The van der Waals surface area contributed by atoms with Gasteiger partial charge in [-0.25, -0.2) is 13.4 Å². The number of carbonyl (C=O) groups excluding carboxylic acids is 1. The van der Waals surface area contributed by atoms with Gasteiger partial charge in [0.2, 0.25) is 0 Å². The van der Waals surface area contributed by atoms with Gasteiger partial charge >= 0.3 is 0 Å². The molecule has 1 heterocycles. The van der Waals surface area contributed by atoms with Crippen LogP contribution in [0.25, 0.3) is 10.2 Å². The Labute approximate surface area is 194 Å². The van der Waals surface area contributed by atoms with E-state index >= 15 is 0 Å². The highest BCUT2D eigenvalue weighted by Crippen LogP contribution is 2.32. The van der Waals surface area contributed by atoms with E-state index in [2.05, 4.69) is 6.92 Å². The van der Waals surface area contributed by atoms with Gasteiger partial charge in [-0.15, -0.1) is 12.4 Å². The molecular weight excluding hydrogens is 454 g/mol. The van der Waals surface area contributed by atoms with Crippen molar-refractivity contribution in [3.8, 4) is 0 Å². The summed E-state index contributed by atoms with van der Waals surface area (Å²) in [6.45, 7) is 4.70. The Hall–Kier alpha value is -2.00. The number of anilines is 1. The van der Waals surface area contributed by atoms with E-state index in [4.69, 9.17) is 4.98 Å². The molecule has 3 aromatic rings. The van der Waals surface area contributed by atoms with Gasteiger partial charge in [0.25, 0.3) is 5.91 Å². The van der Waals surface area contributed by atoms with E-state index in [0.29, 0.717) is 18.2 Å². The van der Waals surface area contributed by atoms with Crippen LogP contribution in [0.1, 0.15) is 29.8 Å². The van der Waals surface area contributed by atoms with Crippen molar-refractivity contribution in [2.75, 3.05) is 37.8 Å². The number of thiazole rings is 1. The highest BCUT2D eigenvalue weighted by atomic mass is 35.5. The minimum Gasteiger partial charge on any atom is -0.308 e. The maximum Gasteiger partial charge on any atom is 0.261 e. The molecule has 0 N–H and O–H groups in total. The third-order valence-electron chi connectivity index (χ3n) is 4.95. The molecule has 1 amide bonds. The van der Waals surface area contributed by atoms with Crippen LogP contribution in [0.2, 0.25) is 0 Å². The average Bonchev–Trinajstić information content (AvgIpc) is 3.17. The third kappa shape index (κ3) is 5.44. The number of para-hydroxylation sites is 1. The first-order chi connectivity index (χ1) is 14.3. The molecule has 2 aromatic carbocycles. The predicted molar refractivity (Wildman–Crippen MR) is 131 cm³/mol. The molecule has 6 nitrogen and oxygen atoms in total. The van der Waals surface area contributed by atoms with Gasteiger partial charge in [-0.3, -0.25) is 9.69 Å². The number of benzene rings is 2. The molecule has 0 aliphatic heterocycles. The summed E-state index contributed by atoms with van der Waals surface area (Å²) in [4.78, 5) is 22.0. The van der Waals surface area contributed by atoms with E-state index in [1.165, 1.54) is 17.4 Å². The van der Waals surface area contributed by atoms with Gasteiger partial charge in [0, 0.05) is 13.1 Å². The summed E-state index contributed by atoms with van der Waals surface area (Å²) >= 11 is 1.45. The molecule has 0 spiro atoms. The molecule has 31 heavy (non-hydrogen) atoms. The molecule has 0 saturated carbocycles. The van der Waals surface area contributed by atoms with Gasteiger partial charge < -0.3 is 4.90 Å². The molecular formula is C22H28ClN3O3S2. The number of hydrogen-bond donors (Lipinski definition) is 0. The lowest BCUT2D eigenvalue weighted by Crippen LogP contribution is -2.37. The summed E-state index contributed by atoms with van der Waals surface area (Å²) in [6, 6.07) is 12.5. The lowest BCUT2D eigenvalue weighted by atomic mass is 10.1.